The van der Waals surface area contributed by atoms with Crippen molar-refractivity contribution in [3.63, 3.8) is 0 Å². The van der Waals surface area contributed by atoms with Crippen LogP contribution in [-0.2, 0) is 14.8 Å². The van der Waals surface area contributed by atoms with Gasteiger partial charge in [-0.05, 0) is 49.4 Å². The molecule has 0 bridgehead atoms. The van der Waals surface area contributed by atoms with Gasteiger partial charge in [-0.2, -0.15) is 17.9 Å². The molecule has 5 rings (SSSR count). The van der Waals surface area contributed by atoms with Crippen molar-refractivity contribution in [2.45, 2.75) is 55.6 Å². The molecule has 0 radical (unpaired) electrons. The number of carbonyl (C=O) groups excluding carboxylic acids is 1. The third kappa shape index (κ3) is 4.92. The van der Waals surface area contributed by atoms with Crippen molar-refractivity contribution in [2.24, 2.45) is 5.73 Å². The van der Waals surface area contributed by atoms with E-state index in [1.54, 1.807) is 4.57 Å². The minimum absolute atomic E-state index is 0.0544. The molecule has 12 heteroatoms. The molecular weight excluding hydrogens is 526 g/mol. The van der Waals surface area contributed by atoms with E-state index in [4.69, 9.17) is 10.5 Å². The molecule has 1 aliphatic heterocycles. The molecule has 0 spiro atoms. The minimum Gasteiger partial charge on any atom is -0.381 e. The first-order chi connectivity index (χ1) is 18.0. The maximum absolute atomic E-state index is 14.9. The number of benzene rings is 2. The quantitative estimate of drug-likeness (QED) is 0.403. The molecule has 2 heterocycles. The van der Waals surface area contributed by atoms with Crippen LogP contribution in [0.1, 0.15) is 60.1 Å². The summed E-state index contributed by atoms with van der Waals surface area (Å²) in [5.74, 6) is -1.55. The zero-order valence-electron chi connectivity index (χ0n) is 20.3. The van der Waals surface area contributed by atoms with Gasteiger partial charge in [0.2, 0.25) is 15.9 Å². The molecule has 1 aliphatic carbocycles. The Labute approximate surface area is 217 Å². The number of alkyl halides is 3. The summed E-state index contributed by atoms with van der Waals surface area (Å²) in [6.07, 6.45) is -1.22. The Bertz CT molecular complexity index is 1480. The van der Waals surface area contributed by atoms with Crippen LogP contribution in [0.5, 0.6) is 0 Å². The van der Waals surface area contributed by atoms with Gasteiger partial charge in [-0.1, -0.05) is 24.6 Å². The molecule has 1 atom stereocenters. The van der Waals surface area contributed by atoms with Gasteiger partial charge >= 0.3 is 6.18 Å². The number of amides is 1. The number of aromatic nitrogens is 1. The zero-order valence-corrected chi connectivity index (χ0v) is 21.1. The highest BCUT2D eigenvalue weighted by atomic mass is 32.2. The van der Waals surface area contributed by atoms with Gasteiger partial charge in [0.25, 0.3) is 0 Å². The molecule has 1 amide bonds. The number of nitrogens with two attached hydrogens (primary N) is 1. The molecule has 3 N–H and O–H groups in total. The van der Waals surface area contributed by atoms with Crippen molar-refractivity contribution in [2.75, 3.05) is 13.2 Å². The number of primary amides is 1. The van der Waals surface area contributed by atoms with Gasteiger partial charge in [0.05, 0.1) is 5.25 Å². The van der Waals surface area contributed by atoms with E-state index in [1.807, 2.05) is 4.72 Å². The second-order valence-electron chi connectivity index (χ2n) is 9.78. The monoisotopic (exact) mass is 553 g/mol. The van der Waals surface area contributed by atoms with Crippen LogP contribution in [0.4, 0.5) is 17.6 Å². The van der Waals surface area contributed by atoms with E-state index in [1.165, 1.54) is 42.6 Å². The maximum atomic E-state index is 14.9. The highest BCUT2D eigenvalue weighted by Crippen LogP contribution is 2.42. The smallest absolute Gasteiger partial charge is 0.381 e. The predicted molar refractivity (Wildman–Crippen MR) is 133 cm³/mol. The summed E-state index contributed by atoms with van der Waals surface area (Å²) in [5.41, 5.74) is 5.73. The highest BCUT2D eigenvalue weighted by Gasteiger charge is 2.47. The first-order valence-electron chi connectivity index (χ1n) is 12.4. The summed E-state index contributed by atoms with van der Waals surface area (Å²) in [5, 5.41) is -0.674. The average molecular weight is 554 g/mol. The first-order valence-corrected chi connectivity index (χ1v) is 13.9. The molecule has 38 heavy (non-hydrogen) atoms. The first kappa shape index (κ1) is 26.6. The number of ether oxygens (including phenoxy) is 1. The molecule has 2 aromatic carbocycles. The van der Waals surface area contributed by atoms with Crippen LogP contribution in [0.15, 0.2) is 42.6 Å². The molecule has 2 aliphatic rings. The summed E-state index contributed by atoms with van der Waals surface area (Å²) in [6.45, 7) is 0.824. The number of halogens is 4. The number of hydrogen-bond acceptors (Lipinski definition) is 4. The van der Waals surface area contributed by atoms with E-state index in [0.29, 0.717) is 50.8 Å². The lowest BCUT2D eigenvalue weighted by atomic mass is 9.96. The van der Waals surface area contributed by atoms with Gasteiger partial charge < -0.3 is 15.0 Å². The average Bonchev–Trinajstić information content (AvgIpc) is 3.19. The highest BCUT2D eigenvalue weighted by molar-refractivity contribution is 7.90. The second kappa shape index (κ2) is 9.97. The summed E-state index contributed by atoms with van der Waals surface area (Å²) in [6, 6.07) is 5.56. The van der Waals surface area contributed by atoms with Gasteiger partial charge in [-0.15, -0.1) is 0 Å². The van der Waals surface area contributed by atoms with Crippen molar-refractivity contribution >= 4 is 26.8 Å². The summed E-state index contributed by atoms with van der Waals surface area (Å²) in [4.78, 5) is 12.0. The standard InChI is InChI=1S/C26H27F4N3O4S/c27-21-6-2-5-19(25(31)34)23(21)15-7-8-18-20(14-33(22(18)13-15)16-9-11-37-12-10-16)24(26(28,29)30)32-38(35,36)17-3-1-4-17/h2,5-8,13-14,16-17,24,32H,1,3-4,9-12H2,(H2,31,34)/t24-/m0/s1. The van der Waals surface area contributed by atoms with Crippen LogP contribution in [0.25, 0.3) is 22.0 Å². The number of rotatable bonds is 7. The Morgan fingerprint density at radius 3 is 2.42 bits per heavy atom. The largest absolute Gasteiger partial charge is 0.408 e. The number of fused-ring (bicyclic) bond motifs is 1. The fourth-order valence-corrected chi connectivity index (χ4v) is 6.94. The Morgan fingerprint density at radius 2 is 1.82 bits per heavy atom. The van der Waals surface area contributed by atoms with E-state index in [0.717, 1.165) is 0 Å². The van der Waals surface area contributed by atoms with Gasteiger partial charge in [-0.25, -0.2) is 12.8 Å². The molecule has 0 unspecified atom stereocenters. The molecule has 3 aromatic rings. The second-order valence-corrected chi connectivity index (χ2v) is 11.8. The van der Waals surface area contributed by atoms with Crippen LogP contribution in [0.3, 0.4) is 0 Å². The van der Waals surface area contributed by atoms with E-state index in [9.17, 15) is 30.8 Å². The van der Waals surface area contributed by atoms with E-state index in [2.05, 4.69) is 0 Å². The lowest BCUT2D eigenvalue weighted by molar-refractivity contribution is -0.152. The number of hydrogen-bond donors (Lipinski definition) is 2. The van der Waals surface area contributed by atoms with Gasteiger partial charge in [0.15, 0.2) is 0 Å². The van der Waals surface area contributed by atoms with E-state index in [-0.39, 0.29) is 33.7 Å². The van der Waals surface area contributed by atoms with Crippen LogP contribution in [0, 0.1) is 5.82 Å². The molecule has 7 nitrogen and oxygen atoms in total. The van der Waals surface area contributed by atoms with Gasteiger partial charge in [0, 0.05) is 53.0 Å². The van der Waals surface area contributed by atoms with Crippen molar-refractivity contribution in [3.8, 4) is 11.1 Å². The molecule has 2 fully saturated rings. The van der Waals surface area contributed by atoms with Crippen molar-refractivity contribution < 1.29 is 35.5 Å². The molecule has 1 aromatic heterocycles. The van der Waals surface area contributed by atoms with Crippen LogP contribution in [-0.4, -0.2) is 43.5 Å². The summed E-state index contributed by atoms with van der Waals surface area (Å²) < 4.78 is 92.5. The number of sulfonamides is 1. The van der Waals surface area contributed by atoms with Crippen molar-refractivity contribution in [3.05, 3.63) is 59.5 Å². The summed E-state index contributed by atoms with van der Waals surface area (Å²) in [7, 11) is -4.21. The van der Waals surface area contributed by atoms with Crippen molar-refractivity contribution in [1.29, 1.82) is 0 Å². The van der Waals surface area contributed by atoms with Crippen molar-refractivity contribution in [1.82, 2.24) is 9.29 Å². The SMILES string of the molecule is NC(=O)c1cccc(F)c1-c1ccc2c([C@H](NS(=O)(=O)C3CCC3)C(F)(F)F)cn(C3CCOCC3)c2c1. The third-order valence-electron chi connectivity index (χ3n) is 7.43. The topological polar surface area (TPSA) is 103 Å². The Balaban J connectivity index is 1.69. The van der Waals surface area contributed by atoms with Crippen LogP contribution in [0.2, 0.25) is 0 Å². The third-order valence-corrected chi connectivity index (χ3v) is 9.34. The lowest BCUT2D eigenvalue weighted by Gasteiger charge is -2.29. The fraction of sp³-hybridized carbons (Fsp3) is 0.423. The molecule has 204 valence electrons. The Hall–Kier alpha value is -2.96. The Kier molecular flexibility index (Phi) is 6.99. The molecule has 1 saturated heterocycles. The summed E-state index contributed by atoms with van der Waals surface area (Å²) >= 11 is 0. The van der Waals surface area contributed by atoms with E-state index >= 15 is 0 Å². The Morgan fingerprint density at radius 1 is 1.11 bits per heavy atom. The molecule has 1 saturated carbocycles. The van der Waals surface area contributed by atoms with Crippen LogP contribution >= 0.6 is 0 Å². The normalized spacial score (nSPS) is 18.4. The van der Waals surface area contributed by atoms with Gasteiger partial charge in [-0.3, -0.25) is 4.79 Å². The minimum atomic E-state index is -4.91. The van der Waals surface area contributed by atoms with Gasteiger partial charge in [0.1, 0.15) is 11.9 Å². The van der Waals surface area contributed by atoms with E-state index < -0.39 is 39.2 Å². The maximum Gasteiger partial charge on any atom is 0.408 e. The predicted octanol–water partition coefficient (Wildman–Crippen LogP) is 4.97. The number of carbonyl (C=O) groups is 1. The fourth-order valence-electron chi connectivity index (χ4n) is 5.20. The zero-order chi connectivity index (χ0) is 27.2. The molecular formula is C26H27F4N3O4S. The van der Waals surface area contributed by atoms with Crippen LogP contribution < -0.4 is 10.5 Å². The lowest BCUT2D eigenvalue weighted by Crippen LogP contribution is -2.44. The number of nitrogens with one attached hydrogen (secondary N) is 1. The number of nitrogens with zero attached hydrogens (tertiary/aromatic N) is 1.